The quantitative estimate of drug-likeness (QED) is 0.152. The number of benzene rings is 2. The number of ketones is 1. The SMILES string of the molecule is CC(=O)/C=C(/C)O.N#Cc1c[c-]c(-c2nccc3c2sc2cc4c(cc23)CCCC4)cc1.[Ir]. The van der Waals surface area contributed by atoms with Crippen molar-refractivity contribution >= 4 is 37.3 Å². The van der Waals surface area contributed by atoms with Crippen molar-refractivity contribution in [2.45, 2.75) is 39.5 Å². The maximum Gasteiger partial charge on any atom is 0.155 e. The summed E-state index contributed by atoms with van der Waals surface area (Å²) in [5, 5.41) is 20.0. The van der Waals surface area contributed by atoms with E-state index in [2.05, 4.69) is 35.3 Å². The number of allylic oxidation sites excluding steroid dienone is 2. The maximum absolute atomic E-state index is 10.0. The molecule has 1 aliphatic rings. The Labute approximate surface area is 210 Å². The van der Waals surface area contributed by atoms with E-state index in [1.165, 1.54) is 76.9 Å². The molecule has 0 atom stereocenters. The molecule has 169 valence electrons. The molecule has 0 saturated carbocycles. The number of pyridine rings is 1. The van der Waals surface area contributed by atoms with Crippen LogP contribution in [0.2, 0.25) is 0 Å². The molecular formula is C27H23IrN2O2S-. The predicted octanol–water partition coefficient (Wildman–Crippen LogP) is 6.70. The first-order chi connectivity index (χ1) is 15.5. The molecule has 0 saturated heterocycles. The van der Waals surface area contributed by atoms with Gasteiger partial charge in [0.1, 0.15) is 0 Å². The molecule has 2 aromatic heterocycles. The number of carbonyl (C=O) groups is 1. The van der Waals surface area contributed by atoms with Crippen LogP contribution in [0.25, 0.3) is 31.4 Å². The number of thiophene rings is 1. The van der Waals surface area contributed by atoms with Gasteiger partial charge >= 0.3 is 0 Å². The molecule has 4 nitrogen and oxygen atoms in total. The van der Waals surface area contributed by atoms with Crippen molar-refractivity contribution in [2.24, 2.45) is 0 Å². The Bertz CT molecular complexity index is 1380. The molecule has 1 N–H and O–H groups in total. The fourth-order valence-electron chi connectivity index (χ4n) is 4.06. The maximum atomic E-state index is 10.0. The largest absolute Gasteiger partial charge is 0.512 e. The Morgan fingerprint density at radius 2 is 1.88 bits per heavy atom. The Morgan fingerprint density at radius 1 is 1.15 bits per heavy atom. The molecular weight excluding hydrogens is 609 g/mol. The van der Waals surface area contributed by atoms with Crippen LogP contribution in [0.5, 0.6) is 0 Å². The van der Waals surface area contributed by atoms with E-state index in [-0.39, 0.29) is 31.6 Å². The molecule has 0 fully saturated rings. The molecule has 2 heterocycles. The van der Waals surface area contributed by atoms with E-state index in [4.69, 9.17) is 10.4 Å². The van der Waals surface area contributed by atoms with Gasteiger partial charge in [-0.25, -0.2) is 5.26 Å². The fraction of sp³-hybridized carbons (Fsp3) is 0.222. The molecule has 0 unspecified atom stereocenters. The Hall–Kier alpha value is -2.84. The Balaban J connectivity index is 0.000000337. The van der Waals surface area contributed by atoms with Gasteiger partial charge in [-0.2, -0.15) is 0 Å². The minimum absolute atomic E-state index is 0. The molecule has 5 rings (SSSR count). The first kappa shape index (κ1) is 24.8. The zero-order valence-corrected chi connectivity index (χ0v) is 21.7. The van der Waals surface area contributed by atoms with Crippen molar-refractivity contribution < 1.29 is 30.0 Å². The summed E-state index contributed by atoms with van der Waals surface area (Å²) in [5.41, 5.74) is 5.56. The number of fused-ring (bicyclic) bond motifs is 4. The van der Waals surface area contributed by atoms with Gasteiger partial charge in [0.05, 0.1) is 5.76 Å². The smallest absolute Gasteiger partial charge is 0.155 e. The summed E-state index contributed by atoms with van der Waals surface area (Å²) in [7, 11) is 0. The molecule has 0 aliphatic heterocycles. The molecule has 33 heavy (non-hydrogen) atoms. The van der Waals surface area contributed by atoms with Crippen LogP contribution in [0.4, 0.5) is 0 Å². The van der Waals surface area contributed by atoms with Gasteiger partial charge in [0.15, 0.2) is 5.78 Å². The summed E-state index contributed by atoms with van der Waals surface area (Å²) >= 11 is 1.82. The zero-order valence-electron chi connectivity index (χ0n) is 18.4. The molecule has 1 radical (unpaired) electrons. The number of aryl methyl sites for hydroxylation is 2. The van der Waals surface area contributed by atoms with E-state index in [1.54, 1.807) is 6.07 Å². The van der Waals surface area contributed by atoms with Crippen LogP contribution < -0.4 is 0 Å². The number of nitrogens with zero attached hydrogens (tertiary/aromatic N) is 2. The summed E-state index contributed by atoms with van der Waals surface area (Å²) in [4.78, 5) is 14.6. The van der Waals surface area contributed by atoms with Crippen LogP contribution >= 0.6 is 11.3 Å². The van der Waals surface area contributed by atoms with E-state index in [0.717, 1.165) is 11.3 Å². The molecule has 2 aromatic carbocycles. The standard InChI is InChI=1S/C22H15N2S.C5H8O2.Ir/c23-13-14-5-7-15(8-6-14)21-22-18(9-10-24-21)19-11-16-3-1-2-4-17(16)12-20(19)25-22;1-4(6)3-5(2)7;/h5-7,9-12H,1-4H2;3,6H,1-2H3;/q-1;;/b;4-3-;. The van der Waals surface area contributed by atoms with Gasteiger partial charge in [-0.3, -0.25) is 4.79 Å². The van der Waals surface area contributed by atoms with Crippen LogP contribution in [0.3, 0.4) is 0 Å². The molecule has 6 heteroatoms. The second-order valence-corrected chi connectivity index (χ2v) is 9.01. The van der Waals surface area contributed by atoms with Gasteiger partial charge < -0.3 is 10.1 Å². The van der Waals surface area contributed by atoms with Gasteiger partial charge in [0, 0.05) is 53.5 Å². The van der Waals surface area contributed by atoms with E-state index >= 15 is 0 Å². The van der Waals surface area contributed by atoms with E-state index in [9.17, 15) is 4.79 Å². The van der Waals surface area contributed by atoms with E-state index in [1.807, 2.05) is 29.7 Å². The summed E-state index contributed by atoms with van der Waals surface area (Å²) in [5.74, 6) is -0.0625. The van der Waals surface area contributed by atoms with Crippen molar-refractivity contribution in [3.05, 3.63) is 77.2 Å². The molecule has 4 aromatic rings. The average Bonchev–Trinajstić information content (AvgIpc) is 3.14. The minimum Gasteiger partial charge on any atom is -0.512 e. The molecule has 1 aliphatic carbocycles. The van der Waals surface area contributed by atoms with Crippen molar-refractivity contribution in [1.29, 1.82) is 5.26 Å². The molecule has 0 spiro atoms. The van der Waals surface area contributed by atoms with Crippen LogP contribution in [-0.4, -0.2) is 15.9 Å². The van der Waals surface area contributed by atoms with Crippen LogP contribution in [0, 0.1) is 17.4 Å². The number of nitriles is 1. The van der Waals surface area contributed by atoms with Crippen molar-refractivity contribution in [3.63, 3.8) is 0 Å². The monoisotopic (exact) mass is 632 g/mol. The first-order valence-corrected chi connectivity index (χ1v) is 11.4. The molecule has 0 amide bonds. The fourth-order valence-corrected chi connectivity index (χ4v) is 5.31. The normalized spacial score (nSPS) is 12.8. The predicted molar refractivity (Wildman–Crippen MR) is 130 cm³/mol. The Kier molecular flexibility index (Phi) is 8.15. The Morgan fingerprint density at radius 3 is 2.45 bits per heavy atom. The number of rotatable bonds is 2. The van der Waals surface area contributed by atoms with Gasteiger partial charge in [-0.15, -0.1) is 41.2 Å². The molecule has 0 bridgehead atoms. The number of aliphatic hydroxyl groups is 1. The van der Waals surface area contributed by atoms with Crippen LogP contribution in [0.1, 0.15) is 43.4 Å². The van der Waals surface area contributed by atoms with Gasteiger partial charge in [-0.1, -0.05) is 0 Å². The number of carbonyl (C=O) groups excluding carboxylic acids is 1. The number of hydrogen-bond donors (Lipinski definition) is 1. The number of hydrogen-bond acceptors (Lipinski definition) is 5. The first-order valence-electron chi connectivity index (χ1n) is 10.6. The van der Waals surface area contributed by atoms with Crippen molar-refractivity contribution in [2.75, 3.05) is 0 Å². The third-order valence-electron chi connectivity index (χ3n) is 5.46. The second-order valence-electron chi connectivity index (χ2n) is 7.96. The minimum atomic E-state index is -0.125. The van der Waals surface area contributed by atoms with Crippen molar-refractivity contribution in [1.82, 2.24) is 4.98 Å². The third kappa shape index (κ3) is 5.57. The number of aromatic nitrogens is 1. The topological polar surface area (TPSA) is 74.0 Å². The summed E-state index contributed by atoms with van der Waals surface area (Å²) in [6.45, 7) is 2.85. The summed E-state index contributed by atoms with van der Waals surface area (Å²) in [6, 6.07) is 17.8. The van der Waals surface area contributed by atoms with Crippen LogP contribution in [0.15, 0.2) is 54.4 Å². The van der Waals surface area contributed by atoms with Crippen LogP contribution in [-0.2, 0) is 37.7 Å². The second kappa shape index (κ2) is 10.9. The summed E-state index contributed by atoms with van der Waals surface area (Å²) in [6.07, 6.45) is 8.05. The van der Waals surface area contributed by atoms with Gasteiger partial charge in [0.2, 0.25) is 0 Å². The van der Waals surface area contributed by atoms with E-state index < -0.39 is 0 Å². The van der Waals surface area contributed by atoms with Gasteiger partial charge in [0.25, 0.3) is 0 Å². The van der Waals surface area contributed by atoms with Gasteiger partial charge in [-0.05, 0) is 85.2 Å². The third-order valence-corrected chi connectivity index (χ3v) is 6.63. The van der Waals surface area contributed by atoms with E-state index in [0.29, 0.717) is 5.56 Å². The zero-order chi connectivity index (χ0) is 22.7. The number of aliphatic hydroxyl groups excluding tert-OH is 1. The summed E-state index contributed by atoms with van der Waals surface area (Å²) < 4.78 is 2.55. The van der Waals surface area contributed by atoms with Crippen molar-refractivity contribution in [3.8, 4) is 17.3 Å². The average molecular weight is 632 g/mol.